The summed E-state index contributed by atoms with van der Waals surface area (Å²) < 4.78 is 10.7. The molecular weight excluding hydrogens is 492 g/mol. The maximum Gasteiger partial charge on any atom is 0.330 e. The zero-order valence-electron chi connectivity index (χ0n) is 21.6. The van der Waals surface area contributed by atoms with E-state index < -0.39 is 12.1 Å². The van der Waals surface area contributed by atoms with E-state index in [4.69, 9.17) is 9.31 Å². The van der Waals surface area contributed by atoms with E-state index in [-0.39, 0.29) is 17.7 Å². The van der Waals surface area contributed by atoms with E-state index in [9.17, 15) is 14.4 Å². The van der Waals surface area contributed by atoms with E-state index in [1.54, 1.807) is 51.1 Å². The van der Waals surface area contributed by atoms with E-state index in [2.05, 4.69) is 16.7 Å². The monoisotopic (exact) mass is 519 g/mol. The van der Waals surface area contributed by atoms with Gasteiger partial charge in [0.1, 0.15) is 6.04 Å². The van der Waals surface area contributed by atoms with Crippen molar-refractivity contribution in [2.45, 2.75) is 45.2 Å². The van der Waals surface area contributed by atoms with Crippen LogP contribution in [0.2, 0.25) is 0 Å². The highest BCUT2D eigenvalue weighted by Crippen LogP contribution is 2.20. The molecule has 0 aromatic heterocycles. The Morgan fingerprint density at radius 2 is 1.38 bits per heavy atom. The lowest BCUT2D eigenvalue weighted by Crippen LogP contribution is -2.58. The number of benzene rings is 3. The topological polar surface area (TPSA) is 97.0 Å². The van der Waals surface area contributed by atoms with Crippen LogP contribution in [0.15, 0.2) is 60.7 Å². The molecule has 10 heteroatoms. The predicted octanol–water partition coefficient (Wildman–Crippen LogP) is 0.738. The maximum atomic E-state index is 13.9. The van der Waals surface area contributed by atoms with Crippen LogP contribution in [0.3, 0.4) is 0 Å². The van der Waals surface area contributed by atoms with Crippen LogP contribution in [0.1, 0.15) is 49.9 Å². The molecule has 0 fully saturated rings. The largest absolute Gasteiger partial charge is 0.430 e. The van der Waals surface area contributed by atoms with Gasteiger partial charge in [-0.25, -0.2) is 0 Å². The second-order valence-electron chi connectivity index (χ2n) is 10.2. The Kier molecular flexibility index (Phi) is 6.97. The molecule has 6 rings (SSSR count). The number of nitrogens with zero attached hydrogens (tertiary/aromatic N) is 1. The second kappa shape index (κ2) is 10.7. The molecule has 2 N–H and O–H groups in total. The standard InChI is InChI=1S/C29H27B2N3O5/c1-17(32-27(35)19-6-8-22-15-38-30-24(22)12-19)26(29(37)34-11-10-18-4-2-3-5-21(18)14-34)33-28(36)20-7-9-23-16-39-31-25(23)13-20/h2-9,12-13,17,26H,10-11,14-16H2,1H3,(H,32,35)(H,33,36). The molecule has 3 aliphatic rings. The van der Waals surface area contributed by atoms with Crippen molar-refractivity contribution >= 4 is 43.6 Å². The molecule has 3 aromatic carbocycles. The predicted molar refractivity (Wildman–Crippen MR) is 147 cm³/mol. The van der Waals surface area contributed by atoms with Gasteiger partial charge in [0.25, 0.3) is 11.8 Å². The van der Waals surface area contributed by atoms with Crippen molar-refractivity contribution in [3.63, 3.8) is 0 Å². The van der Waals surface area contributed by atoms with Gasteiger partial charge in [-0.1, -0.05) is 48.5 Å². The molecule has 2 radical (unpaired) electrons. The first kappa shape index (κ1) is 25.4. The summed E-state index contributed by atoms with van der Waals surface area (Å²) in [6.07, 6.45) is 0.734. The van der Waals surface area contributed by atoms with E-state index >= 15 is 0 Å². The summed E-state index contributed by atoms with van der Waals surface area (Å²) >= 11 is 0. The number of amides is 3. The smallest absolute Gasteiger partial charge is 0.330 e. The number of hydrogen-bond donors (Lipinski definition) is 2. The Morgan fingerprint density at radius 1 is 0.795 bits per heavy atom. The van der Waals surface area contributed by atoms with E-state index in [1.807, 2.05) is 30.3 Å². The summed E-state index contributed by atoms with van der Waals surface area (Å²) in [6, 6.07) is 17.1. The molecule has 3 aliphatic heterocycles. The minimum absolute atomic E-state index is 0.239. The molecule has 0 spiro atoms. The molecule has 2 unspecified atom stereocenters. The molecule has 0 saturated heterocycles. The molecule has 3 heterocycles. The van der Waals surface area contributed by atoms with Crippen LogP contribution in [-0.2, 0) is 40.3 Å². The molecule has 194 valence electrons. The van der Waals surface area contributed by atoms with Gasteiger partial charge in [0, 0.05) is 24.2 Å². The van der Waals surface area contributed by atoms with Crippen LogP contribution < -0.4 is 21.6 Å². The number of carbonyl (C=O) groups is 3. The van der Waals surface area contributed by atoms with Gasteiger partial charge in [0.2, 0.25) is 5.91 Å². The van der Waals surface area contributed by atoms with Gasteiger partial charge < -0.3 is 24.8 Å². The van der Waals surface area contributed by atoms with Gasteiger partial charge in [0.15, 0.2) is 0 Å². The summed E-state index contributed by atoms with van der Waals surface area (Å²) in [5.41, 5.74) is 6.91. The van der Waals surface area contributed by atoms with Gasteiger partial charge in [-0.2, -0.15) is 0 Å². The average Bonchev–Trinajstić information content (AvgIpc) is 3.63. The Morgan fingerprint density at radius 3 is 2.03 bits per heavy atom. The molecule has 8 nitrogen and oxygen atoms in total. The zero-order valence-corrected chi connectivity index (χ0v) is 21.6. The summed E-state index contributed by atoms with van der Waals surface area (Å²) in [5.74, 6) is -0.956. The fourth-order valence-corrected chi connectivity index (χ4v) is 5.28. The molecule has 39 heavy (non-hydrogen) atoms. The van der Waals surface area contributed by atoms with Gasteiger partial charge >= 0.3 is 15.0 Å². The summed E-state index contributed by atoms with van der Waals surface area (Å²) in [5, 5.41) is 5.86. The molecule has 0 bridgehead atoms. The average molecular weight is 519 g/mol. The molecule has 0 aliphatic carbocycles. The van der Waals surface area contributed by atoms with Crippen molar-refractivity contribution in [3.05, 3.63) is 94.0 Å². The van der Waals surface area contributed by atoms with Crippen molar-refractivity contribution in [2.75, 3.05) is 6.54 Å². The van der Waals surface area contributed by atoms with Gasteiger partial charge in [-0.15, -0.1) is 0 Å². The number of fused-ring (bicyclic) bond motifs is 3. The van der Waals surface area contributed by atoms with Gasteiger partial charge in [0.05, 0.1) is 19.3 Å². The van der Waals surface area contributed by atoms with E-state index in [1.165, 1.54) is 5.56 Å². The first-order valence-corrected chi connectivity index (χ1v) is 13.1. The Bertz CT molecular complexity index is 1460. The number of nitrogens with one attached hydrogen (secondary N) is 2. The summed E-state index contributed by atoms with van der Waals surface area (Å²) in [6.45, 7) is 3.69. The second-order valence-corrected chi connectivity index (χ2v) is 10.2. The Balaban J connectivity index is 1.23. The van der Waals surface area contributed by atoms with Crippen molar-refractivity contribution in [3.8, 4) is 0 Å². The third-order valence-electron chi connectivity index (χ3n) is 7.57. The lowest BCUT2D eigenvalue weighted by Gasteiger charge is -2.34. The maximum absolute atomic E-state index is 13.9. The first-order chi connectivity index (χ1) is 19.0. The van der Waals surface area contributed by atoms with Crippen LogP contribution in [0.25, 0.3) is 0 Å². The van der Waals surface area contributed by atoms with Crippen molar-refractivity contribution in [1.82, 2.24) is 15.5 Å². The summed E-state index contributed by atoms with van der Waals surface area (Å²) in [4.78, 5) is 42.2. The van der Waals surface area contributed by atoms with Crippen molar-refractivity contribution in [2.24, 2.45) is 0 Å². The van der Waals surface area contributed by atoms with Crippen molar-refractivity contribution in [1.29, 1.82) is 0 Å². The van der Waals surface area contributed by atoms with Gasteiger partial charge in [-0.05, 0) is 58.7 Å². The highest BCUT2D eigenvalue weighted by Gasteiger charge is 2.34. The Hall–Kier alpha value is -3.88. The van der Waals surface area contributed by atoms with E-state index in [0.717, 1.165) is 34.0 Å². The molecule has 2 atom stereocenters. The Labute approximate surface area is 228 Å². The zero-order chi connectivity index (χ0) is 26.9. The first-order valence-electron chi connectivity index (χ1n) is 13.1. The highest BCUT2D eigenvalue weighted by molar-refractivity contribution is 6.49. The third-order valence-corrected chi connectivity index (χ3v) is 7.57. The number of rotatable bonds is 6. The molecule has 0 saturated carbocycles. The third kappa shape index (κ3) is 5.22. The van der Waals surface area contributed by atoms with Crippen LogP contribution in [0.5, 0.6) is 0 Å². The normalized spacial score (nSPS) is 16.6. The SMILES string of the molecule is CC(NC(=O)c1ccc2c(c1)[B]OC2)C(NC(=O)c1ccc2c(c1)[B]OC2)C(=O)N1CCc2ccccc2C1. The lowest BCUT2D eigenvalue weighted by atomic mass is 9.86. The molecule has 3 aromatic rings. The van der Waals surface area contributed by atoms with E-state index in [0.29, 0.717) is 37.4 Å². The fraction of sp³-hybridized carbons (Fsp3) is 0.276. The van der Waals surface area contributed by atoms with Crippen LogP contribution in [0.4, 0.5) is 0 Å². The van der Waals surface area contributed by atoms with Gasteiger partial charge in [-0.3, -0.25) is 14.4 Å². The van der Waals surface area contributed by atoms with Crippen molar-refractivity contribution < 1.29 is 23.7 Å². The fourth-order valence-electron chi connectivity index (χ4n) is 5.28. The highest BCUT2D eigenvalue weighted by atomic mass is 16.4. The lowest BCUT2D eigenvalue weighted by molar-refractivity contribution is -0.134. The minimum Gasteiger partial charge on any atom is -0.430 e. The van der Waals surface area contributed by atoms with Crippen LogP contribution >= 0.6 is 0 Å². The quantitative estimate of drug-likeness (QED) is 0.469. The molecular formula is C29H27B2N3O5. The molecule has 3 amide bonds. The van der Waals surface area contributed by atoms with Crippen LogP contribution in [-0.4, -0.2) is 56.2 Å². The minimum atomic E-state index is -0.968. The summed E-state index contributed by atoms with van der Waals surface area (Å²) in [7, 11) is 3.26. The van der Waals surface area contributed by atoms with Crippen LogP contribution in [0, 0.1) is 0 Å². The number of hydrogen-bond acceptors (Lipinski definition) is 5. The number of carbonyl (C=O) groups excluding carboxylic acids is 3.